The van der Waals surface area contributed by atoms with Gasteiger partial charge >= 0.3 is 5.97 Å². The third-order valence-electron chi connectivity index (χ3n) is 2.52. The van der Waals surface area contributed by atoms with Crippen LogP contribution in [0.4, 0.5) is 0 Å². The van der Waals surface area contributed by atoms with Gasteiger partial charge in [-0.1, -0.05) is 31.8 Å². The Morgan fingerprint density at radius 3 is 2.25 bits per heavy atom. The first-order valence-corrected chi connectivity index (χ1v) is 6.61. The van der Waals surface area contributed by atoms with Gasteiger partial charge in [-0.05, 0) is 26.7 Å². The maximum absolute atomic E-state index is 11.2. The zero-order valence-electron chi connectivity index (χ0n) is 10.4. The molecular weight excluding hydrogens is 224 g/mol. The maximum atomic E-state index is 11.2. The Balaban J connectivity index is 3.24. The number of rotatable bonds is 9. The molecule has 0 atom stereocenters. The standard InChI is InChI=1S/C13H23ClO2/c1-3-12(2)13(15)16-11-9-7-5-4-6-8-10-14/h3H,4-11H2,1-2H3/b12-3+. The van der Waals surface area contributed by atoms with Gasteiger partial charge in [0.1, 0.15) is 0 Å². The van der Waals surface area contributed by atoms with E-state index in [-0.39, 0.29) is 5.97 Å². The van der Waals surface area contributed by atoms with Crippen molar-refractivity contribution >= 4 is 17.6 Å². The molecule has 3 heteroatoms. The average molecular weight is 247 g/mol. The van der Waals surface area contributed by atoms with Crippen LogP contribution >= 0.6 is 11.6 Å². The predicted octanol–water partition coefficient (Wildman–Crippen LogP) is 4.08. The fourth-order valence-corrected chi connectivity index (χ4v) is 1.49. The molecule has 2 nitrogen and oxygen atoms in total. The molecule has 0 aliphatic heterocycles. The van der Waals surface area contributed by atoms with E-state index in [1.165, 1.54) is 19.3 Å². The highest BCUT2D eigenvalue weighted by Crippen LogP contribution is 2.06. The van der Waals surface area contributed by atoms with Gasteiger partial charge in [0.05, 0.1) is 6.61 Å². The molecule has 16 heavy (non-hydrogen) atoms. The molecule has 0 unspecified atom stereocenters. The highest BCUT2D eigenvalue weighted by Gasteiger charge is 2.03. The summed E-state index contributed by atoms with van der Waals surface area (Å²) in [6.45, 7) is 4.15. The van der Waals surface area contributed by atoms with Gasteiger partial charge in [0.2, 0.25) is 0 Å². The minimum atomic E-state index is -0.190. The van der Waals surface area contributed by atoms with E-state index in [1.807, 2.05) is 6.92 Å². The lowest BCUT2D eigenvalue weighted by Gasteiger charge is -2.04. The van der Waals surface area contributed by atoms with E-state index in [0.717, 1.165) is 25.1 Å². The van der Waals surface area contributed by atoms with Crippen molar-refractivity contribution in [2.45, 2.75) is 52.4 Å². The highest BCUT2D eigenvalue weighted by atomic mass is 35.5. The Hall–Kier alpha value is -0.500. The van der Waals surface area contributed by atoms with Gasteiger partial charge in [-0.25, -0.2) is 4.79 Å². The third-order valence-corrected chi connectivity index (χ3v) is 2.78. The smallest absolute Gasteiger partial charge is 0.333 e. The van der Waals surface area contributed by atoms with Gasteiger partial charge in [-0.15, -0.1) is 11.6 Å². The van der Waals surface area contributed by atoms with Gasteiger partial charge in [-0.2, -0.15) is 0 Å². The summed E-state index contributed by atoms with van der Waals surface area (Å²) in [6.07, 6.45) is 8.62. The van der Waals surface area contributed by atoms with Gasteiger partial charge in [-0.3, -0.25) is 0 Å². The van der Waals surface area contributed by atoms with Crippen LogP contribution in [0.2, 0.25) is 0 Å². The molecule has 0 rings (SSSR count). The van der Waals surface area contributed by atoms with Crippen molar-refractivity contribution in [3.8, 4) is 0 Å². The van der Waals surface area contributed by atoms with Gasteiger partial charge in [0.15, 0.2) is 0 Å². The molecule has 0 radical (unpaired) electrons. The van der Waals surface area contributed by atoms with E-state index in [9.17, 15) is 4.79 Å². The lowest BCUT2D eigenvalue weighted by Crippen LogP contribution is -2.06. The molecule has 0 bridgehead atoms. The van der Waals surface area contributed by atoms with E-state index in [2.05, 4.69) is 0 Å². The predicted molar refractivity (Wildman–Crippen MR) is 68.8 cm³/mol. The van der Waals surface area contributed by atoms with Gasteiger partial charge in [0.25, 0.3) is 0 Å². The number of ether oxygens (including phenoxy) is 1. The number of hydrogen-bond acceptors (Lipinski definition) is 2. The number of allylic oxidation sites excluding steroid dienone is 1. The average Bonchev–Trinajstić information content (AvgIpc) is 2.31. The summed E-state index contributed by atoms with van der Waals surface area (Å²) in [6, 6.07) is 0. The Labute approximate surface area is 104 Å². The Morgan fingerprint density at radius 2 is 1.69 bits per heavy atom. The molecule has 0 saturated carbocycles. The molecule has 0 aromatic rings. The molecule has 0 amide bonds. The molecule has 0 aromatic carbocycles. The maximum Gasteiger partial charge on any atom is 0.333 e. The molecule has 0 spiro atoms. The Morgan fingerprint density at radius 1 is 1.12 bits per heavy atom. The van der Waals surface area contributed by atoms with E-state index in [0.29, 0.717) is 12.2 Å². The van der Waals surface area contributed by atoms with Crippen LogP contribution in [0.3, 0.4) is 0 Å². The van der Waals surface area contributed by atoms with Crippen molar-refractivity contribution in [1.29, 1.82) is 0 Å². The van der Waals surface area contributed by atoms with Crippen molar-refractivity contribution in [1.82, 2.24) is 0 Å². The first-order chi connectivity index (χ1) is 7.72. The summed E-state index contributed by atoms with van der Waals surface area (Å²) in [5, 5.41) is 0. The summed E-state index contributed by atoms with van der Waals surface area (Å²) < 4.78 is 5.09. The van der Waals surface area contributed by atoms with Gasteiger partial charge < -0.3 is 4.74 Å². The molecule has 0 heterocycles. The molecule has 0 aromatic heterocycles. The third kappa shape index (κ3) is 8.78. The SMILES string of the molecule is C/C=C(\C)C(=O)OCCCCCCCCCl. The number of halogens is 1. The van der Waals surface area contributed by atoms with Crippen LogP contribution < -0.4 is 0 Å². The number of unbranched alkanes of at least 4 members (excludes halogenated alkanes) is 5. The molecule has 0 aliphatic rings. The fraction of sp³-hybridized carbons (Fsp3) is 0.769. The molecule has 0 fully saturated rings. The number of carbonyl (C=O) groups excluding carboxylic acids is 1. The second-order valence-electron chi connectivity index (χ2n) is 3.92. The van der Waals surface area contributed by atoms with E-state index >= 15 is 0 Å². The second kappa shape index (κ2) is 11.0. The molecule has 0 saturated heterocycles. The zero-order valence-corrected chi connectivity index (χ0v) is 11.2. The summed E-state index contributed by atoms with van der Waals surface area (Å²) in [5.41, 5.74) is 0.683. The van der Waals surface area contributed by atoms with E-state index < -0.39 is 0 Å². The molecule has 0 aliphatic carbocycles. The van der Waals surface area contributed by atoms with Crippen LogP contribution in [0, 0.1) is 0 Å². The Kier molecular flexibility index (Phi) is 10.7. The molecular formula is C13H23ClO2. The van der Waals surface area contributed by atoms with E-state index in [4.69, 9.17) is 16.3 Å². The van der Waals surface area contributed by atoms with Crippen molar-refractivity contribution in [3.63, 3.8) is 0 Å². The van der Waals surface area contributed by atoms with Crippen LogP contribution in [-0.4, -0.2) is 18.5 Å². The van der Waals surface area contributed by atoms with Crippen LogP contribution in [0.5, 0.6) is 0 Å². The minimum Gasteiger partial charge on any atom is -0.462 e. The largest absolute Gasteiger partial charge is 0.462 e. The summed E-state index contributed by atoms with van der Waals surface area (Å²) in [5.74, 6) is 0.574. The molecule has 0 N–H and O–H groups in total. The van der Waals surface area contributed by atoms with Crippen LogP contribution in [-0.2, 0) is 9.53 Å². The second-order valence-corrected chi connectivity index (χ2v) is 4.30. The molecule has 94 valence electrons. The highest BCUT2D eigenvalue weighted by molar-refractivity contribution is 6.17. The van der Waals surface area contributed by atoms with Crippen molar-refractivity contribution < 1.29 is 9.53 Å². The lowest BCUT2D eigenvalue weighted by atomic mass is 10.1. The lowest BCUT2D eigenvalue weighted by molar-refractivity contribution is -0.139. The summed E-state index contributed by atoms with van der Waals surface area (Å²) in [4.78, 5) is 11.2. The first-order valence-electron chi connectivity index (χ1n) is 6.08. The minimum absolute atomic E-state index is 0.190. The number of alkyl halides is 1. The fourth-order valence-electron chi connectivity index (χ4n) is 1.30. The number of hydrogen-bond donors (Lipinski definition) is 0. The van der Waals surface area contributed by atoms with Gasteiger partial charge in [0, 0.05) is 11.5 Å². The van der Waals surface area contributed by atoms with E-state index in [1.54, 1.807) is 13.0 Å². The zero-order chi connectivity index (χ0) is 12.2. The van der Waals surface area contributed by atoms with Crippen molar-refractivity contribution in [3.05, 3.63) is 11.6 Å². The number of carbonyl (C=O) groups is 1. The van der Waals surface area contributed by atoms with Crippen molar-refractivity contribution in [2.24, 2.45) is 0 Å². The van der Waals surface area contributed by atoms with Crippen LogP contribution in [0.1, 0.15) is 52.4 Å². The topological polar surface area (TPSA) is 26.3 Å². The van der Waals surface area contributed by atoms with Crippen molar-refractivity contribution in [2.75, 3.05) is 12.5 Å². The Bertz CT molecular complexity index is 212. The first kappa shape index (κ1) is 15.5. The van der Waals surface area contributed by atoms with Crippen LogP contribution in [0.25, 0.3) is 0 Å². The quantitative estimate of drug-likeness (QED) is 0.265. The number of esters is 1. The summed E-state index contributed by atoms with van der Waals surface area (Å²) in [7, 11) is 0. The monoisotopic (exact) mass is 246 g/mol. The summed E-state index contributed by atoms with van der Waals surface area (Å²) >= 11 is 5.58. The van der Waals surface area contributed by atoms with Crippen LogP contribution in [0.15, 0.2) is 11.6 Å². The normalized spacial score (nSPS) is 11.6.